The van der Waals surface area contributed by atoms with Crippen LogP contribution in [0.2, 0.25) is 0 Å². The number of rotatable bonds is 4. The van der Waals surface area contributed by atoms with Crippen molar-refractivity contribution < 1.29 is 4.79 Å². The van der Waals surface area contributed by atoms with Gasteiger partial charge in [0.2, 0.25) is 0 Å². The van der Waals surface area contributed by atoms with Crippen molar-refractivity contribution in [1.29, 1.82) is 0 Å². The molecule has 0 spiro atoms. The van der Waals surface area contributed by atoms with Crippen LogP contribution in [0.25, 0.3) is 10.8 Å². The lowest BCUT2D eigenvalue weighted by atomic mass is 9.95. The van der Waals surface area contributed by atoms with Gasteiger partial charge in [-0.25, -0.2) is 0 Å². The molecule has 1 N–H and O–H groups in total. The van der Waals surface area contributed by atoms with Crippen LogP contribution in [-0.4, -0.2) is 43.4 Å². The fourth-order valence-electron chi connectivity index (χ4n) is 3.07. The van der Waals surface area contributed by atoms with Crippen LogP contribution in [0.1, 0.15) is 22.3 Å². The zero-order valence-electron chi connectivity index (χ0n) is 12.6. The molecule has 2 aromatic carbocycles. The third kappa shape index (κ3) is 3.14. The molecule has 110 valence electrons. The smallest absolute Gasteiger partial charge is 0.165 e. The molecule has 0 amide bonds. The van der Waals surface area contributed by atoms with Crippen molar-refractivity contribution >= 4 is 16.6 Å². The molecule has 1 saturated heterocycles. The normalized spacial score (nSPS) is 16.2. The van der Waals surface area contributed by atoms with Gasteiger partial charge in [0.05, 0.1) is 0 Å². The van der Waals surface area contributed by atoms with Gasteiger partial charge in [-0.2, -0.15) is 0 Å². The van der Waals surface area contributed by atoms with Gasteiger partial charge in [0, 0.05) is 44.7 Å². The summed E-state index contributed by atoms with van der Waals surface area (Å²) in [6.07, 6.45) is 0.606. The second-order valence-corrected chi connectivity index (χ2v) is 5.74. The van der Waals surface area contributed by atoms with Crippen molar-refractivity contribution in [2.45, 2.75) is 13.3 Å². The number of Topliss-reactive ketones (excluding diaryl/α,β-unsaturated/α-hetero) is 1. The molecule has 1 aliphatic rings. The predicted octanol–water partition coefficient (Wildman–Crippen LogP) is 2.63. The largest absolute Gasteiger partial charge is 0.314 e. The minimum atomic E-state index is 0.267. The first-order chi connectivity index (χ1) is 10.3. The van der Waals surface area contributed by atoms with Gasteiger partial charge >= 0.3 is 0 Å². The molecule has 0 aliphatic carbocycles. The van der Waals surface area contributed by atoms with Crippen LogP contribution in [0.5, 0.6) is 0 Å². The average Bonchev–Trinajstić information content (AvgIpc) is 2.53. The molecule has 3 heteroatoms. The highest BCUT2D eigenvalue weighted by atomic mass is 16.1. The number of ketones is 1. The highest BCUT2D eigenvalue weighted by Crippen LogP contribution is 2.23. The minimum absolute atomic E-state index is 0.267. The number of carbonyl (C=O) groups is 1. The van der Waals surface area contributed by atoms with E-state index in [1.54, 1.807) is 0 Å². The molecule has 1 aliphatic heterocycles. The second-order valence-electron chi connectivity index (χ2n) is 5.74. The first-order valence-corrected chi connectivity index (χ1v) is 7.70. The molecule has 3 rings (SSSR count). The quantitative estimate of drug-likeness (QED) is 0.875. The Hall–Kier alpha value is -1.71. The van der Waals surface area contributed by atoms with E-state index >= 15 is 0 Å². The molecular formula is C18H22N2O. The lowest BCUT2D eigenvalue weighted by Crippen LogP contribution is -2.44. The fourth-order valence-corrected chi connectivity index (χ4v) is 3.07. The average molecular weight is 282 g/mol. The van der Waals surface area contributed by atoms with Gasteiger partial charge in [0.15, 0.2) is 5.78 Å². The van der Waals surface area contributed by atoms with Gasteiger partial charge in [0.25, 0.3) is 0 Å². The Morgan fingerprint density at radius 1 is 1.14 bits per heavy atom. The number of nitrogens with zero attached hydrogens (tertiary/aromatic N) is 1. The summed E-state index contributed by atoms with van der Waals surface area (Å²) in [6, 6.07) is 12.3. The van der Waals surface area contributed by atoms with E-state index in [2.05, 4.69) is 34.5 Å². The molecule has 0 aromatic heterocycles. The summed E-state index contributed by atoms with van der Waals surface area (Å²) < 4.78 is 0. The first kappa shape index (κ1) is 14.2. The van der Waals surface area contributed by atoms with Gasteiger partial charge in [0.1, 0.15) is 0 Å². The Morgan fingerprint density at radius 3 is 2.71 bits per heavy atom. The zero-order chi connectivity index (χ0) is 14.7. The van der Waals surface area contributed by atoms with Crippen LogP contribution < -0.4 is 5.32 Å². The maximum Gasteiger partial charge on any atom is 0.165 e. The van der Waals surface area contributed by atoms with E-state index in [1.807, 2.05) is 19.1 Å². The van der Waals surface area contributed by atoms with Gasteiger partial charge < -0.3 is 10.2 Å². The molecule has 0 saturated carbocycles. The zero-order valence-corrected chi connectivity index (χ0v) is 12.6. The van der Waals surface area contributed by atoms with Crippen molar-refractivity contribution in [1.82, 2.24) is 10.2 Å². The minimum Gasteiger partial charge on any atom is -0.314 e. The Labute approximate surface area is 125 Å². The van der Waals surface area contributed by atoms with Crippen LogP contribution in [0.4, 0.5) is 0 Å². The van der Waals surface area contributed by atoms with E-state index in [9.17, 15) is 4.79 Å². The summed E-state index contributed by atoms with van der Waals surface area (Å²) in [4.78, 5) is 15.0. The van der Waals surface area contributed by atoms with Gasteiger partial charge in [-0.1, -0.05) is 36.4 Å². The van der Waals surface area contributed by atoms with E-state index in [0.717, 1.165) is 54.6 Å². The van der Waals surface area contributed by atoms with E-state index in [-0.39, 0.29) is 5.78 Å². The number of aryl methyl sites for hydroxylation is 1. The maximum absolute atomic E-state index is 12.7. The van der Waals surface area contributed by atoms with Crippen LogP contribution in [0.15, 0.2) is 36.4 Å². The van der Waals surface area contributed by atoms with Gasteiger partial charge in [-0.15, -0.1) is 0 Å². The third-order valence-corrected chi connectivity index (χ3v) is 4.28. The molecule has 0 unspecified atom stereocenters. The Bertz CT molecular complexity index is 645. The van der Waals surface area contributed by atoms with E-state index in [0.29, 0.717) is 6.42 Å². The monoisotopic (exact) mass is 282 g/mol. The Balaban J connectivity index is 1.79. The lowest BCUT2D eigenvalue weighted by Gasteiger charge is -2.26. The van der Waals surface area contributed by atoms with Crippen molar-refractivity contribution in [3.8, 4) is 0 Å². The summed E-state index contributed by atoms with van der Waals surface area (Å²) in [5, 5.41) is 5.57. The summed E-state index contributed by atoms with van der Waals surface area (Å²) in [7, 11) is 0. The van der Waals surface area contributed by atoms with Crippen LogP contribution in [0.3, 0.4) is 0 Å². The first-order valence-electron chi connectivity index (χ1n) is 7.70. The topological polar surface area (TPSA) is 32.3 Å². The number of carbonyl (C=O) groups excluding carboxylic acids is 1. The van der Waals surface area contributed by atoms with Crippen LogP contribution in [0, 0.1) is 6.92 Å². The Kier molecular flexibility index (Phi) is 4.32. The highest BCUT2D eigenvalue weighted by molar-refractivity contribution is 6.09. The van der Waals surface area contributed by atoms with Crippen molar-refractivity contribution in [3.63, 3.8) is 0 Å². The molecule has 21 heavy (non-hydrogen) atoms. The number of hydrogen-bond donors (Lipinski definition) is 1. The van der Waals surface area contributed by atoms with Gasteiger partial charge in [-0.3, -0.25) is 4.79 Å². The summed E-state index contributed by atoms with van der Waals surface area (Å²) in [6.45, 7) is 7.04. The molecule has 0 atom stereocenters. The summed E-state index contributed by atoms with van der Waals surface area (Å²) >= 11 is 0. The number of piperazine rings is 1. The fraction of sp³-hybridized carbons (Fsp3) is 0.389. The lowest BCUT2D eigenvalue weighted by molar-refractivity contribution is 0.0961. The summed E-state index contributed by atoms with van der Waals surface area (Å²) in [5.74, 6) is 0.267. The van der Waals surface area contributed by atoms with Crippen LogP contribution >= 0.6 is 0 Å². The standard InChI is InChI=1S/C18H22N2O/c1-14-6-7-15-4-2-3-5-16(15)18(14)17(21)8-11-20-12-9-19-10-13-20/h2-7,19H,8-13H2,1H3. The molecule has 1 heterocycles. The van der Waals surface area contributed by atoms with Crippen molar-refractivity contribution in [2.75, 3.05) is 32.7 Å². The number of fused-ring (bicyclic) bond motifs is 1. The third-order valence-electron chi connectivity index (χ3n) is 4.28. The number of benzene rings is 2. The molecule has 0 radical (unpaired) electrons. The SMILES string of the molecule is Cc1ccc2ccccc2c1C(=O)CCN1CCNCC1. The molecular weight excluding hydrogens is 260 g/mol. The molecule has 2 aromatic rings. The van der Waals surface area contributed by atoms with E-state index < -0.39 is 0 Å². The molecule has 1 fully saturated rings. The molecule has 3 nitrogen and oxygen atoms in total. The Morgan fingerprint density at radius 2 is 1.90 bits per heavy atom. The predicted molar refractivity (Wildman–Crippen MR) is 86.9 cm³/mol. The number of nitrogens with one attached hydrogen (secondary N) is 1. The van der Waals surface area contributed by atoms with E-state index in [4.69, 9.17) is 0 Å². The second kappa shape index (κ2) is 6.37. The van der Waals surface area contributed by atoms with E-state index in [1.165, 1.54) is 0 Å². The highest BCUT2D eigenvalue weighted by Gasteiger charge is 2.15. The van der Waals surface area contributed by atoms with Crippen molar-refractivity contribution in [3.05, 3.63) is 47.5 Å². The van der Waals surface area contributed by atoms with Crippen LogP contribution in [-0.2, 0) is 0 Å². The van der Waals surface area contributed by atoms with Crippen molar-refractivity contribution in [2.24, 2.45) is 0 Å². The maximum atomic E-state index is 12.7. The summed E-state index contributed by atoms with van der Waals surface area (Å²) in [5.41, 5.74) is 1.99. The molecule has 0 bridgehead atoms. The number of hydrogen-bond acceptors (Lipinski definition) is 3. The van der Waals surface area contributed by atoms with Gasteiger partial charge in [-0.05, 0) is 23.3 Å².